The summed E-state index contributed by atoms with van der Waals surface area (Å²) in [6.07, 6.45) is -0.702. The van der Waals surface area contributed by atoms with E-state index in [1.165, 1.54) is 12.4 Å². The number of nitrogens with two attached hydrogens (primary N) is 1. The van der Waals surface area contributed by atoms with Gasteiger partial charge in [-0.05, 0) is 44.2 Å². The first-order chi connectivity index (χ1) is 15.1. The van der Waals surface area contributed by atoms with Gasteiger partial charge in [-0.15, -0.1) is 0 Å². The second kappa shape index (κ2) is 8.03. The summed E-state index contributed by atoms with van der Waals surface area (Å²) < 4.78 is 38.4. The Balaban J connectivity index is 1.69. The van der Waals surface area contributed by atoms with Crippen LogP contribution in [-0.2, 0) is 12.7 Å². The van der Waals surface area contributed by atoms with Gasteiger partial charge in [-0.3, -0.25) is 9.78 Å². The van der Waals surface area contributed by atoms with Crippen molar-refractivity contribution in [2.24, 2.45) is 0 Å². The number of fused-ring (bicyclic) bond motifs is 3. The third-order valence-electron chi connectivity index (χ3n) is 5.10. The zero-order chi connectivity index (χ0) is 23.0. The fourth-order valence-corrected chi connectivity index (χ4v) is 3.41. The van der Waals surface area contributed by atoms with Crippen LogP contribution in [0.3, 0.4) is 0 Å². The highest BCUT2D eigenvalue weighted by Crippen LogP contribution is 2.29. The van der Waals surface area contributed by atoms with E-state index in [9.17, 15) is 18.0 Å². The fourth-order valence-electron chi connectivity index (χ4n) is 3.41. The molecule has 2 N–H and O–H groups in total. The molecule has 0 aliphatic heterocycles. The average Bonchev–Trinajstić information content (AvgIpc) is 2.76. The van der Waals surface area contributed by atoms with Crippen LogP contribution in [-0.4, -0.2) is 36.8 Å². The number of carbonyl (C=O) groups is 1. The third kappa shape index (κ3) is 4.03. The van der Waals surface area contributed by atoms with Gasteiger partial charge in [0.1, 0.15) is 11.8 Å². The van der Waals surface area contributed by atoms with Crippen LogP contribution in [0.15, 0.2) is 49.1 Å². The topological polar surface area (TPSA) is 97.9 Å². The van der Waals surface area contributed by atoms with Crippen LogP contribution in [0, 0.1) is 0 Å². The number of amides is 1. The number of nitrogens with zero attached hydrogens (tertiary/aromatic N) is 5. The lowest BCUT2D eigenvalue weighted by atomic mass is 10.1. The molecule has 3 heterocycles. The number of nitrogen functional groups attached to an aromatic ring is 1. The zero-order valence-electron chi connectivity index (χ0n) is 17.3. The van der Waals surface area contributed by atoms with Crippen LogP contribution in [0.25, 0.3) is 21.8 Å². The Morgan fingerprint density at radius 1 is 1.09 bits per heavy atom. The first-order valence-electron chi connectivity index (χ1n) is 9.77. The quantitative estimate of drug-likeness (QED) is 0.477. The molecule has 0 aliphatic carbocycles. The SMILES string of the molecule is CC(C)N(Cc1ccc(C(F)(F)F)cn1)C(=O)c1ccc2nc(N)c3ncncc3c2c1. The number of hydrogen-bond donors (Lipinski definition) is 1. The first-order valence-corrected chi connectivity index (χ1v) is 9.77. The molecule has 0 fully saturated rings. The number of carbonyl (C=O) groups excluding carboxylic acids is 1. The van der Waals surface area contributed by atoms with Gasteiger partial charge < -0.3 is 10.6 Å². The third-order valence-corrected chi connectivity index (χ3v) is 5.10. The molecule has 0 saturated heterocycles. The van der Waals surface area contributed by atoms with E-state index in [1.54, 1.807) is 29.3 Å². The molecular formula is C22H19F3N6O. The van der Waals surface area contributed by atoms with Gasteiger partial charge in [0.25, 0.3) is 5.91 Å². The molecule has 1 aromatic carbocycles. The molecule has 4 rings (SSSR count). The van der Waals surface area contributed by atoms with E-state index in [0.29, 0.717) is 33.1 Å². The second-order valence-corrected chi connectivity index (χ2v) is 7.58. The molecule has 1 amide bonds. The van der Waals surface area contributed by atoms with Crippen LogP contribution in [0.2, 0.25) is 0 Å². The highest BCUT2D eigenvalue weighted by molar-refractivity contribution is 6.10. The van der Waals surface area contributed by atoms with Crippen molar-refractivity contribution >= 4 is 33.5 Å². The van der Waals surface area contributed by atoms with Gasteiger partial charge in [0.15, 0.2) is 5.82 Å². The van der Waals surface area contributed by atoms with Crippen molar-refractivity contribution in [3.8, 4) is 0 Å². The highest BCUT2D eigenvalue weighted by atomic mass is 19.4. The maximum Gasteiger partial charge on any atom is 0.417 e. The predicted octanol–water partition coefficient (Wildman–Crippen LogP) is 4.22. The minimum atomic E-state index is -4.46. The van der Waals surface area contributed by atoms with Crippen molar-refractivity contribution in [1.82, 2.24) is 24.8 Å². The fraction of sp³-hybridized carbons (Fsp3) is 0.227. The maximum absolute atomic E-state index is 13.3. The Morgan fingerprint density at radius 3 is 2.53 bits per heavy atom. The predicted molar refractivity (Wildman–Crippen MR) is 113 cm³/mol. The van der Waals surface area contributed by atoms with Crippen molar-refractivity contribution in [1.29, 1.82) is 0 Å². The average molecular weight is 440 g/mol. The van der Waals surface area contributed by atoms with E-state index in [-0.39, 0.29) is 24.3 Å². The van der Waals surface area contributed by atoms with Gasteiger partial charge in [-0.2, -0.15) is 13.2 Å². The minimum Gasteiger partial charge on any atom is -0.382 e. The molecule has 0 aliphatic rings. The molecule has 32 heavy (non-hydrogen) atoms. The zero-order valence-corrected chi connectivity index (χ0v) is 17.3. The summed E-state index contributed by atoms with van der Waals surface area (Å²) in [5, 5.41) is 1.35. The van der Waals surface area contributed by atoms with Crippen molar-refractivity contribution in [2.45, 2.75) is 32.6 Å². The van der Waals surface area contributed by atoms with Crippen molar-refractivity contribution < 1.29 is 18.0 Å². The Bertz CT molecular complexity index is 1310. The summed E-state index contributed by atoms with van der Waals surface area (Å²) in [6.45, 7) is 3.72. The summed E-state index contributed by atoms with van der Waals surface area (Å²) in [5.74, 6) is -0.0171. The Kier molecular flexibility index (Phi) is 5.37. The van der Waals surface area contributed by atoms with E-state index < -0.39 is 11.7 Å². The number of alkyl halides is 3. The van der Waals surface area contributed by atoms with Crippen LogP contribution in [0.5, 0.6) is 0 Å². The smallest absolute Gasteiger partial charge is 0.382 e. The second-order valence-electron chi connectivity index (χ2n) is 7.58. The normalized spacial score (nSPS) is 11.9. The van der Waals surface area contributed by atoms with E-state index in [0.717, 1.165) is 12.3 Å². The molecular weight excluding hydrogens is 421 g/mol. The van der Waals surface area contributed by atoms with Crippen LogP contribution in [0.4, 0.5) is 19.0 Å². The van der Waals surface area contributed by atoms with Gasteiger partial charge >= 0.3 is 6.18 Å². The summed E-state index contributed by atoms with van der Waals surface area (Å²) in [4.78, 5) is 31.3. The van der Waals surface area contributed by atoms with Crippen molar-refractivity contribution in [2.75, 3.05) is 5.73 Å². The van der Waals surface area contributed by atoms with Crippen molar-refractivity contribution in [3.63, 3.8) is 0 Å². The number of benzene rings is 1. The number of rotatable bonds is 4. The summed E-state index contributed by atoms with van der Waals surface area (Å²) in [5.41, 5.74) is 6.99. The highest BCUT2D eigenvalue weighted by Gasteiger charge is 2.31. The molecule has 4 aromatic rings. The Labute approximate surface area is 181 Å². The lowest BCUT2D eigenvalue weighted by Crippen LogP contribution is -2.36. The van der Waals surface area contributed by atoms with E-state index in [1.807, 2.05) is 13.8 Å². The molecule has 10 heteroatoms. The van der Waals surface area contributed by atoms with Gasteiger partial charge in [0, 0.05) is 34.8 Å². The van der Waals surface area contributed by atoms with Crippen LogP contribution in [0.1, 0.15) is 35.5 Å². The van der Waals surface area contributed by atoms with E-state index >= 15 is 0 Å². The number of halogens is 3. The number of pyridine rings is 2. The lowest BCUT2D eigenvalue weighted by molar-refractivity contribution is -0.137. The number of hydrogen-bond acceptors (Lipinski definition) is 6. The summed E-state index contributed by atoms with van der Waals surface area (Å²) in [6, 6.07) is 7.06. The van der Waals surface area contributed by atoms with E-state index in [4.69, 9.17) is 5.73 Å². The van der Waals surface area contributed by atoms with Gasteiger partial charge in [-0.25, -0.2) is 15.0 Å². The van der Waals surface area contributed by atoms with Crippen LogP contribution < -0.4 is 5.73 Å². The van der Waals surface area contributed by atoms with Gasteiger partial charge in [-0.1, -0.05) is 0 Å². The standard InChI is InChI=1S/C22H19F3N6O/c1-12(2)31(10-15-5-4-14(8-28-15)22(23,24)25)21(32)13-3-6-18-16(7-13)17-9-27-11-29-19(17)20(26)30-18/h3-9,11-12H,10H2,1-2H3,(H2,26,30). The molecule has 164 valence electrons. The maximum atomic E-state index is 13.3. The summed E-state index contributed by atoms with van der Waals surface area (Å²) >= 11 is 0. The lowest BCUT2D eigenvalue weighted by Gasteiger charge is -2.27. The molecule has 0 spiro atoms. The number of aromatic nitrogens is 4. The molecule has 0 radical (unpaired) electrons. The molecule has 0 atom stereocenters. The largest absolute Gasteiger partial charge is 0.417 e. The Hall–Kier alpha value is -3.82. The Morgan fingerprint density at radius 2 is 1.88 bits per heavy atom. The molecule has 0 saturated carbocycles. The van der Waals surface area contributed by atoms with E-state index in [2.05, 4.69) is 19.9 Å². The first kappa shape index (κ1) is 21.4. The van der Waals surface area contributed by atoms with Crippen molar-refractivity contribution in [3.05, 3.63) is 65.9 Å². The van der Waals surface area contributed by atoms with Crippen LogP contribution >= 0.6 is 0 Å². The number of anilines is 1. The minimum absolute atomic E-state index is 0.0660. The molecule has 3 aromatic heterocycles. The van der Waals surface area contributed by atoms with Gasteiger partial charge in [0.2, 0.25) is 0 Å². The van der Waals surface area contributed by atoms with Gasteiger partial charge in [0.05, 0.1) is 23.3 Å². The molecule has 0 bridgehead atoms. The molecule has 7 nitrogen and oxygen atoms in total. The summed E-state index contributed by atoms with van der Waals surface area (Å²) in [7, 11) is 0. The molecule has 0 unspecified atom stereocenters. The monoisotopic (exact) mass is 440 g/mol.